The van der Waals surface area contributed by atoms with E-state index in [1.807, 2.05) is 0 Å². The number of amides is 1. The van der Waals surface area contributed by atoms with Gasteiger partial charge < -0.3 is 9.84 Å². The number of ether oxygens (including phenoxy) is 1. The standard InChI is InChI=1S/C19H37N3O3/c1-3-4-5-6-9-12-15-18(25-2)17(23)14-11-8-7-10-13-16-19(24)21-22-20/h17-18,23H,3-16H2,1-2H3. The SMILES string of the molecule is CCCCCCCCC(OC)C(O)CCCCCCCC(=O)N=[N+]=[N-]. The first-order valence-electron chi connectivity index (χ1n) is 9.94. The highest BCUT2D eigenvalue weighted by atomic mass is 16.5. The molecule has 0 aliphatic rings. The zero-order valence-electron chi connectivity index (χ0n) is 16.2. The predicted molar refractivity (Wildman–Crippen MR) is 101 cm³/mol. The molecule has 2 unspecified atom stereocenters. The lowest BCUT2D eigenvalue weighted by atomic mass is 9.99. The van der Waals surface area contributed by atoms with Gasteiger partial charge in [0, 0.05) is 18.4 Å². The Morgan fingerprint density at radius 1 is 1.00 bits per heavy atom. The largest absolute Gasteiger partial charge is 0.390 e. The molecule has 146 valence electrons. The van der Waals surface area contributed by atoms with Crippen LogP contribution in [0.25, 0.3) is 10.4 Å². The van der Waals surface area contributed by atoms with Crippen LogP contribution in [-0.2, 0) is 9.53 Å². The van der Waals surface area contributed by atoms with E-state index in [4.69, 9.17) is 10.3 Å². The van der Waals surface area contributed by atoms with Gasteiger partial charge in [-0.25, -0.2) is 0 Å². The van der Waals surface area contributed by atoms with Crippen LogP contribution in [0.5, 0.6) is 0 Å². The maximum absolute atomic E-state index is 11.0. The van der Waals surface area contributed by atoms with E-state index in [0.29, 0.717) is 6.42 Å². The van der Waals surface area contributed by atoms with E-state index in [1.54, 1.807) is 7.11 Å². The molecule has 0 saturated carbocycles. The summed E-state index contributed by atoms with van der Waals surface area (Å²) in [6.45, 7) is 2.22. The Labute approximate surface area is 153 Å². The van der Waals surface area contributed by atoms with Crippen LogP contribution in [0, 0.1) is 0 Å². The van der Waals surface area contributed by atoms with Crippen LogP contribution < -0.4 is 0 Å². The normalized spacial score (nSPS) is 13.2. The predicted octanol–water partition coefficient (Wildman–Crippen LogP) is 5.68. The molecule has 0 fully saturated rings. The molecule has 0 aliphatic heterocycles. The molecule has 6 heteroatoms. The van der Waals surface area contributed by atoms with Gasteiger partial charge in [-0.05, 0) is 29.9 Å². The van der Waals surface area contributed by atoms with Crippen molar-refractivity contribution in [3.63, 3.8) is 0 Å². The van der Waals surface area contributed by atoms with Crippen molar-refractivity contribution < 1.29 is 14.6 Å². The van der Waals surface area contributed by atoms with E-state index in [9.17, 15) is 9.90 Å². The molecule has 0 bridgehead atoms. The molecule has 1 N–H and O–H groups in total. The Kier molecular flexibility index (Phi) is 16.9. The van der Waals surface area contributed by atoms with E-state index in [1.165, 1.54) is 32.1 Å². The summed E-state index contributed by atoms with van der Waals surface area (Å²) in [7, 11) is 1.69. The minimum Gasteiger partial charge on any atom is -0.390 e. The van der Waals surface area contributed by atoms with Gasteiger partial charge in [0.05, 0.1) is 12.2 Å². The Morgan fingerprint density at radius 3 is 2.16 bits per heavy atom. The van der Waals surface area contributed by atoms with Crippen LogP contribution in [0.1, 0.15) is 96.8 Å². The number of carbonyl (C=O) groups is 1. The Balaban J connectivity index is 3.61. The van der Waals surface area contributed by atoms with Crippen molar-refractivity contribution >= 4 is 5.91 Å². The van der Waals surface area contributed by atoms with Gasteiger partial charge in [-0.3, -0.25) is 4.79 Å². The highest BCUT2D eigenvalue weighted by Gasteiger charge is 2.17. The summed E-state index contributed by atoms with van der Waals surface area (Å²) >= 11 is 0. The number of hydrogen-bond acceptors (Lipinski definition) is 3. The van der Waals surface area contributed by atoms with Crippen molar-refractivity contribution in [2.75, 3.05) is 7.11 Å². The van der Waals surface area contributed by atoms with Gasteiger partial charge in [-0.2, -0.15) is 0 Å². The first kappa shape index (κ1) is 23.9. The fourth-order valence-electron chi connectivity index (χ4n) is 3.04. The van der Waals surface area contributed by atoms with Crippen molar-refractivity contribution in [2.45, 2.75) is 109 Å². The number of carbonyl (C=O) groups excluding carboxylic acids is 1. The van der Waals surface area contributed by atoms with Crippen LogP contribution in [0.4, 0.5) is 0 Å². The third-order valence-corrected chi connectivity index (χ3v) is 4.62. The van der Waals surface area contributed by atoms with Crippen molar-refractivity contribution in [1.29, 1.82) is 0 Å². The maximum atomic E-state index is 11.0. The second-order valence-corrected chi connectivity index (χ2v) is 6.79. The monoisotopic (exact) mass is 355 g/mol. The van der Waals surface area contributed by atoms with E-state index >= 15 is 0 Å². The molecule has 0 radical (unpaired) electrons. The first-order valence-corrected chi connectivity index (χ1v) is 9.94. The first-order chi connectivity index (χ1) is 12.2. The highest BCUT2D eigenvalue weighted by molar-refractivity contribution is 5.76. The van der Waals surface area contributed by atoms with Crippen molar-refractivity contribution in [3.05, 3.63) is 10.4 Å². The molecule has 2 atom stereocenters. The van der Waals surface area contributed by atoms with E-state index < -0.39 is 0 Å². The highest BCUT2D eigenvalue weighted by Crippen LogP contribution is 2.17. The minimum absolute atomic E-state index is 0.0485. The lowest BCUT2D eigenvalue weighted by molar-refractivity contribution is -0.118. The Morgan fingerprint density at radius 2 is 1.56 bits per heavy atom. The number of nitrogens with zero attached hydrogens (tertiary/aromatic N) is 3. The smallest absolute Gasteiger partial charge is 0.218 e. The summed E-state index contributed by atoms with van der Waals surface area (Å²) in [5.41, 5.74) is 8.13. The van der Waals surface area contributed by atoms with Crippen LogP contribution in [0.2, 0.25) is 0 Å². The molecule has 0 rings (SSSR count). The maximum Gasteiger partial charge on any atom is 0.218 e. The summed E-state index contributed by atoms with van der Waals surface area (Å²) in [6.07, 6.45) is 13.9. The second kappa shape index (κ2) is 17.7. The molecule has 0 aromatic rings. The third kappa shape index (κ3) is 14.9. The third-order valence-electron chi connectivity index (χ3n) is 4.62. The van der Waals surface area contributed by atoms with Crippen LogP contribution >= 0.6 is 0 Å². The van der Waals surface area contributed by atoms with Gasteiger partial charge in [0.25, 0.3) is 0 Å². The van der Waals surface area contributed by atoms with Crippen LogP contribution in [-0.4, -0.2) is 30.3 Å². The molecule has 25 heavy (non-hydrogen) atoms. The lowest BCUT2D eigenvalue weighted by Crippen LogP contribution is -2.27. The van der Waals surface area contributed by atoms with E-state index in [0.717, 1.165) is 51.4 Å². The van der Waals surface area contributed by atoms with Crippen LogP contribution in [0.15, 0.2) is 5.11 Å². The van der Waals surface area contributed by atoms with Gasteiger partial charge in [0.2, 0.25) is 5.91 Å². The molecular weight excluding hydrogens is 318 g/mol. The van der Waals surface area contributed by atoms with Crippen LogP contribution in [0.3, 0.4) is 0 Å². The topological polar surface area (TPSA) is 95.3 Å². The molecule has 0 saturated heterocycles. The fraction of sp³-hybridized carbons (Fsp3) is 0.947. The summed E-state index contributed by atoms with van der Waals surface area (Å²) in [4.78, 5) is 13.5. The Hall–Kier alpha value is -1.10. The summed E-state index contributed by atoms with van der Waals surface area (Å²) in [6, 6.07) is 0. The van der Waals surface area contributed by atoms with E-state index in [2.05, 4.69) is 16.9 Å². The molecule has 1 amide bonds. The molecular formula is C19H37N3O3. The molecule has 0 aliphatic carbocycles. The zero-order chi connectivity index (χ0) is 18.8. The quantitative estimate of drug-likeness (QED) is 0.157. The van der Waals surface area contributed by atoms with Crippen molar-refractivity contribution in [1.82, 2.24) is 0 Å². The molecule has 0 aromatic heterocycles. The number of rotatable bonds is 17. The van der Waals surface area contributed by atoms with Gasteiger partial charge in [0.1, 0.15) is 0 Å². The van der Waals surface area contributed by atoms with Crippen molar-refractivity contribution in [3.8, 4) is 0 Å². The summed E-state index contributed by atoms with van der Waals surface area (Å²) in [5, 5.41) is 13.3. The molecule has 6 nitrogen and oxygen atoms in total. The number of hydrogen-bond donors (Lipinski definition) is 1. The Bertz CT molecular complexity index is 371. The average Bonchev–Trinajstić information content (AvgIpc) is 2.60. The molecule has 0 heterocycles. The molecule has 0 aromatic carbocycles. The number of azide groups is 1. The van der Waals surface area contributed by atoms with Gasteiger partial charge in [-0.1, -0.05) is 71.1 Å². The second-order valence-electron chi connectivity index (χ2n) is 6.79. The van der Waals surface area contributed by atoms with E-state index in [-0.39, 0.29) is 18.1 Å². The number of unbranched alkanes of at least 4 members (excludes halogenated alkanes) is 9. The minimum atomic E-state index is -0.382. The summed E-state index contributed by atoms with van der Waals surface area (Å²) in [5.74, 6) is -0.379. The summed E-state index contributed by atoms with van der Waals surface area (Å²) < 4.78 is 5.46. The number of methoxy groups -OCH3 is 1. The molecule has 0 spiro atoms. The average molecular weight is 356 g/mol. The lowest BCUT2D eigenvalue weighted by Gasteiger charge is -2.21. The van der Waals surface area contributed by atoms with Crippen molar-refractivity contribution in [2.24, 2.45) is 5.11 Å². The fourth-order valence-corrected chi connectivity index (χ4v) is 3.04. The van der Waals surface area contributed by atoms with Gasteiger partial charge in [-0.15, -0.1) is 0 Å². The van der Waals surface area contributed by atoms with Gasteiger partial charge >= 0.3 is 0 Å². The van der Waals surface area contributed by atoms with Gasteiger partial charge in [0.15, 0.2) is 0 Å². The number of aliphatic hydroxyl groups is 1. The zero-order valence-corrected chi connectivity index (χ0v) is 16.2. The number of aliphatic hydroxyl groups excluding tert-OH is 1.